The molecule has 2 nitrogen and oxygen atoms in total. The second-order valence-corrected chi connectivity index (χ2v) is 5.57. The molecule has 0 bridgehead atoms. The van der Waals surface area contributed by atoms with Crippen molar-refractivity contribution in [3.8, 4) is 0 Å². The zero-order valence-corrected chi connectivity index (χ0v) is 10.9. The first kappa shape index (κ1) is 11.2. The van der Waals surface area contributed by atoms with Gasteiger partial charge in [-0.1, -0.05) is 18.5 Å². The van der Waals surface area contributed by atoms with Crippen molar-refractivity contribution in [3.63, 3.8) is 0 Å². The van der Waals surface area contributed by atoms with E-state index >= 15 is 0 Å². The van der Waals surface area contributed by atoms with Crippen molar-refractivity contribution >= 4 is 33.2 Å². The molecule has 1 fully saturated rings. The Balaban J connectivity index is 2.01. The predicted molar refractivity (Wildman–Crippen MR) is 66.6 cm³/mol. The summed E-state index contributed by atoms with van der Waals surface area (Å²) >= 11 is 9.41. The Hall–Kier alpha value is -0.250. The second-order valence-electron chi connectivity index (χ2n) is 4.28. The van der Waals surface area contributed by atoms with Crippen LogP contribution in [-0.4, -0.2) is 19.8 Å². The van der Waals surface area contributed by atoms with Gasteiger partial charge in [-0.05, 0) is 34.1 Å². The van der Waals surface area contributed by atoms with Gasteiger partial charge in [0.05, 0.1) is 13.2 Å². The third kappa shape index (κ3) is 2.65. The molecule has 0 spiro atoms. The van der Waals surface area contributed by atoms with Gasteiger partial charge >= 0.3 is 0 Å². The average Bonchev–Trinajstić information content (AvgIpc) is 2.17. The molecule has 0 radical (unpaired) electrons. The van der Waals surface area contributed by atoms with Gasteiger partial charge in [-0.2, -0.15) is 0 Å². The van der Waals surface area contributed by atoms with Crippen molar-refractivity contribution in [2.75, 3.05) is 25.1 Å². The fourth-order valence-corrected chi connectivity index (χ4v) is 2.05. The summed E-state index contributed by atoms with van der Waals surface area (Å²) in [5.74, 6) is 0. The molecule has 1 aromatic carbocycles. The van der Waals surface area contributed by atoms with Crippen LogP contribution in [0, 0.1) is 5.41 Å². The van der Waals surface area contributed by atoms with E-state index in [4.69, 9.17) is 16.3 Å². The molecule has 0 aliphatic carbocycles. The topological polar surface area (TPSA) is 21.3 Å². The Morgan fingerprint density at radius 3 is 2.87 bits per heavy atom. The Morgan fingerprint density at radius 1 is 1.53 bits per heavy atom. The predicted octanol–water partition coefficient (Wildman–Crippen LogP) is 3.55. The van der Waals surface area contributed by atoms with Crippen molar-refractivity contribution in [1.82, 2.24) is 0 Å². The lowest BCUT2D eigenvalue weighted by molar-refractivity contribution is -0.0924. The molecule has 0 unspecified atom stereocenters. The standard InChI is InChI=1S/C11H13BrClNO/c1-11(6-15-7-11)5-14-10-4-8(13)2-3-9(10)12/h2-4,14H,5-7H2,1H3. The maximum Gasteiger partial charge on any atom is 0.0559 e. The van der Waals surface area contributed by atoms with Gasteiger partial charge in [0.1, 0.15) is 0 Å². The monoisotopic (exact) mass is 289 g/mol. The van der Waals surface area contributed by atoms with E-state index in [0.29, 0.717) is 0 Å². The average molecular weight is 291 g/mol. The van der Waals surface area contributed by atoms with E-state index in [1.165, 1.54) is 0 Å². The number of nitrogens with one attached hydrogen (secondary N) is 1. The van der Waals surface area contributed by atoms with Gasteiger partial charge in [0, 0.05) is 27.1 Å². The van der Waals surface area contributed by atoms with Crippen LogP contribution in [-0.2, 0) is 4.74 Å². The second kappa shape index (κ2) is 4.32. The molecule has 1 saturated heterocycles. The maximum absolute atomic E-state index is 5.93. The van der Waals surface area contributed by atoms with E-state index in [1.807, 2.05) is 18.2 Å². The molecule has 0 saturated carbocycles. The van der Waals surface area contributed by atoms with Crippen molar-refractivity contribution in [2.24, 2.45) is 5.41 Å². The summed E-state index contributed by atoms with van der Waals surface area (Å²) < 4.78 is 6.24. The zero-order chi connectivity index (χ0) is 10.9. The minimum Gasteiger partial charge on any atom is -0.383 e. The maximum atomic E-state index is 5.93. The number of rotatable bonds is 3. The first-order valence-electron chi connectivity index (χ1n) is 4.86. The van der Waals surface area contributed by atoms with Crippen LogP contribution in [0.25, 0.3) is 0 Å². The summed E-state index contributed by atoms with van der Waals surface area (Å²) in [4.78, 5) is 0. The van der Waals surface area contributed by atoms with Gasteiger partial charge < -0.3 is 10.1 Å². The van der Waals surface area contributed by atoms with Crippen LogP contribution in [0.5, 0.6) is 0 Å². The molecule has 1 aliphatic rings. The molecule has 4 heteroatoms. The zero-order valence-electron chi connectivity index (χ0n) is 8.52. The van der Waals surface area contributed by atoms with Gasteiger partial charge in [0.25, 0.3) is 0 Å². The Bertz CT molecular complexity index is 366. The summed E-state index contributed by atoms with van der Waals surface area (Å²) in [5.41, 5.74) is 1.30. The molecule has 2 rings (SSSR count). The highest BCUT2D eigenvalue weighted by molar-refractivity contribution is 9.10. The lowest BCUT2D eigenvalue weighted by atomic mass is 9.89. The molecule has 0 atom stereocenters. The molecular weight excluding hydrogens is 277 g/mol. The van der Waals surface area contributed by atoms with Gasteiger partial charge in [-0.3, -0.25) is 0 Å². The summed E-state index contributed by atoms with van der Waals surface area (Å²) in [6, 6.07) is 5.74. The third-order valence-corrected chi connectivity index (χ3v) is 3.46. The van der Waals surface area contributed by atoms with E-state index < -0.39 is 0 Å². The van der Waals surface area contributed by atoms with Crippen molar-refractivity contribution < 1.29 is 4.74 Å². The SMILES string of the molecule is CC1(CNc2cc(Cl)ccc2Br)COC1. The van der Waals surface area contributed by atoms with Crippen LogP contribution in [0.4, 0.5) is 5.69 Å². The summed E-state index contributed by atoms with van der Waals surface area (Å²) in [5, 5.41) is 4.13. The first-order chi connectivity index (χ1) is 7.09. The van der Waals surface area contributed by atoms with Crippen LogP contribution in [0.15, 0.2) is 22.7 Å². The van der Waals surface area contributed by atoms with Crippen molar-refractivity contribution in [1.29, 1.82) is 0 Å². The Labute approximate surface area is 103 Å². The number of ether oxygens (including phenoxy) is 1. The van der Waals surface area contributed by atoms with E-state index in [0.717, 1.165) is 34.9 Å². The molecular formula is C11H13BrClNO. The fourth-order valence-electron chi connectivity index (χ4n) is 1.49. The molecule has 82 valence electrons. The van der Waals surface area contributed by atoms with Crippen molar-refractivity contribution in [3.05, 3.63) is 27.7 Å². The minimum absolute atomic E-state index is 0.266. The molecule has 1 heterocycles. The van der Waals surface area contributed by atoms with E-state index in [-0.39, 0.29) is 5.41 Å². The molecule has 1 aromatic rings. The highest BCUT2D eigenvalue weighted by Crippen LogP contribution is 2.30. The van der Waals surface area contributed by atoms with E-state index in [2.05, 4.69) is 28.2 Å². The van der Waals surface area contributed by atoms with Gasteiger partial charge in [-0.25, -0.2) is 0 Å². The minimum atomic E-state index is 0.266. The van der Waals surface area contributed by atoms with Gasteiger partial charge in [0.2, 0.25) is 0 Å². The largest absolute Gasteiger partial charge is 0.383 e. The highest BCUT2D eigenvalue weighted by atomic mass is 79.9. The first-order valence-corrected chi connectivity index (χ1v) is 6.03. The van der Waals surface area contributed by atoms with Gasteiger partial charge in [0.15, 0.2) is 0 Å². The molecule has 1 N–H and O–H groups in total. The van der Waals surface area contributed by atoms with Crippen LogP contribution < -0.4 is 5.32 Å². The molecule has 15 heavy (non-hydrogen) atoms. The fraction of sp³-hybridized carbons (Fsp3) is 0.455. The lowest BCUT2D eigenvalue weighted by Gasteiger charge is -2.38. The van der Waals surface area contributed by atoms with E-state index in [9.17, 15) is 0 Å². The number of anilines is 1. The Kier molecular flexibility index (Phi) is 3.24. The van der Waals surface area contributed by atoms with E-state index in [1.54, 1.807) is 0 Å². The highest BCUT2D eigenvalue weighted by Gasteiger charge is 2.33. The van der Waals surface area contributed by atoms with Crippen LogP contribution in [0.1, 0.15) is 6.92 Å². The quantitative estimate of drug-likeness (QED) is 0.919. The van der Waals surface area contributed by atoms with Gasteiger partial charge in [-0.15, -0.1) is 0 Å². The summed E-state index contributed by atoms with van der Waals surface area (Å²) in [7, 11) is 0. The molecule has 0 aromatic heterocycles. The number of hydrogen-bond donors (Lipinski definition) is 1. The summed E-state index contributed by atoms with van der Waals surface area (Å²) in [6.07, 6.45) is 0. The normalized spacial score (nSPS) is 18.3. The van der Waals surface area contributed by atoms with Crippen LogP contribution in [0.3, 0.4) is 0 Å². The molecule has 1 aliphatic heterocycles. The molecule has 0 amide bonds. The smallest absolute Gasteiger partial charge is 0.0559 e. The van der Waals surface area contributed by atoms with Crippen LogP contribution in [0.2, 0.25) is 5.02 Å². The van der Waals surface area contributed by atoms with Crippen molar-refractivity contribution in [2.45, 2.75) is 6.92 Å². The lowest BCUT2D eigenvalue weighted by Crippen LogP contribution is -2.45. The van der Waals surface area contributed by atoms with Crippen LogP contribution >= 0.6 is 27.5 Å². The third-order valence-electron chi connectivity index (χ3n) is 2.54. The number of benzene rings is 1. The number of halogens is 2. The Morgan fingerprint density at radius 2 is 2.27 bits per heavy atom. The number of hydrogen-bond acceptors (Lipinski definition) is 2. The summed E-state index contributed by atoms with van der Waals surface area (Å²) in [6.45, 7) is 4.78.